The first-order valence-corrected chi connectivity index (χ1v) is 7.68. The molecule has 0 bridgehead atoms. The van der Waals surface area contributed by atoms with Crippen molar-refractivity contribution in [1.29, 1.82) is 0 Å². The van der Waals surface area contributed by atoms with Crippen LogP contribution in [-0.4, -0.2) is 8.80 Å². The first-order valence-electron chi connectivity index (χ1n) is 5.94. The van der Waals surface area contributed by atoms with Crippen molar-refractivity contribution in [2.45, 2.75) is 77.4 Å². The second kappa shape index (κ2) is 8.96. The molecule has 2 heteroatoms. The molecule has 0 aromatic carbocycles. The SMILES string of the molecule is Br.CCC(C)[Si](C(C)CC)C(C)CC. The van der Waals surface area contributed by atoms with Crippen molar-refractivity contribution >= 4 is 25.8 Å². The quantitative estimate of drug-likeness (QED) is 0.567. The molecule has 14 heavy (non-hydrogen) atoms. The first kappa shape index (κ1) is 17.1. The lowest BCUT2D eigenvalue weighted by molar-refractivity contribution is 0.720. The zero-order valence-electron chi connectivity index (χ0n) is 10.8. The van der Waals surface area contributed by atoms with Crippen LogP contribution in [0.15, 0.2) is 0 Å². The Morgan fingerprint density at radius 1 is 0.714 bits per heavy atom. The molecular formula is C12H28BrSi. The summed E-state index contributed by atoms with van der Waals surface area (Å²) in [5.41, 5.74) is 2.99. The second-order valence-corrected chi connectivity index (χ2v) is 8.38. The van der Waals surface area contributed by atoms with Crippen LogP contribution in [0.1, 0.15) is 60.8 Å². The summed E-state index contributed by atoms with van der Waals surface area (Å²) in [6, 6.07) is 0. The summed E-state index contributed by atoms with van der Waals surface area (Å²) in [7, 11) is -0.130. The third-order valence-electron chi connectivity index (χ3n) is 3.54. The Morgan fingerprint density at radius 3 is 1.07 bits per heavy atom. The molecule has 0 saturated heterocycles. The van der Waals surface area contributed by atoms with Crippen molar-refractivity contribution in [1.82, 2.24) is 0 Å². The van der Waals surface area contributed by atoms with Gasteiger partial charge < -0.3 is 0 Å². The maximum atomic E-state index is 2.46. The number of hydrogen-bond donors (Lipinski definition) is 0. The van der Waals surface area contributed by atoms with E-state index in [2.05, 4.69) is 41.5 Å². The van der Waals surface area contributed by atoms with Crippen LogP contribution in [0.5, 0.6) is 0 Å². The van der Waals surface area contributed by atoms with Crippen LogP contribution in [0.4, 0.5) is 0 Å². The second-order valence-electron chi connectivity index (χ2n) is 4.43. The van der Waals surface area contributed by atoms with E-state index in [1.807, 2.05) is 0 Å². The van der Waals surface area contributed by atoms with Crippen LogP contribution in [0, 0.1) is 0 Å². The highest BCUT2D eigenvalue weighted by Crippen LogP contribution is 2.35. The molecule has 0 amide bonds. The Labute approximate surface area is 103 Å². The number of hydrogen-bond acceptors (Lipinski definition) is 0. The van der Waals surface area contributed by atoms with Gasteiger partial charge in [-0.05, 0) is 16.6 Å². The van der Waals surface area contributed by atoms with Crippen molar-refractivity contribution in [2.75, 3.05) is 0 Å². The normalized spacial score (nSPS) is 17.4. The summed E-state index contributed by atoms with van der Waals surface area (Å²) in [5.74, 6) is 0. The van der Waals surface area contributed by atoms with Crippen LogP contribution >= 0.6 is 17.0 Å². The van der Waals surface area contributed by atoms with Crippen molar-refractivity contribution < 1.29 is 0 Å². The van der Waals surface area contributed by atoms with E-state index in [1.165, 1.54) is 19.3 Å². The van der Waals surface area contributed by atoms with Gasteiger partial charge in [0.1, 0.15) is 0 Å². The van der Waals surface area contributed by atoms with Gasteiger partial charge in [-0.1, -0.05) is 60.8 Å². The van der Waals surface area contributed by atoms with Crippen LogP contribution in [0.3, 0.4) is 0 Å². The van der Waals surface area contributed by atoms with Crippen molar-refractivity contribution in [3.05, 3.63) is 0 Å². The van der Waals surface area contributed by atoms with Gasteiger partial charge in [0, 0.05) is 0 Å². The fraction of sp³-hybridized carbons (Fsp3) is 1.00. The average Bonchev–Trinajstić information content (AvgIpc) is 2.16. The summed E-state index contributed by atoms with van der Waals surface area (Å²) >= 11 is 0. The van der Waals surface area contributed by atoms with E-state index in [-0.39, 0.29) is 25.8 Å². The third kappa shape index (κ3) is 4.97. The predicted molar refractivity (Wildman–Crippen MR) is 75.2 cm³/mol. The van der Waals surface area contributed by atoms with Gasteiger partial charge in [-0.3, -0.25) is 0 Å². The standard InChI is InChI=1S/C12H27Si.BrH/c1-7-10(4)13(11(5)8-2)12(6)9-3;/h10-12H,7-9H2,1-6H3;1H. The van der Waals surface area contributed by atoms with E-state index < -0.39 is 0 Å². The Balaban J connectivity index is 0. The maximum absolute atomic E-state index is 2.46. The maximum Gasteiger partial charge on any atom is 0.0569 e. The summed E-state index contributed by atoms with van der Waals surface area (Å²) < 4.78 is 0. The minimum Gasteiger partial charge on any atom is -0.114 e. The highest BCUT2D eigenvalue weighted by molar-refractivity contribution is 8.93. The van der Waals surface area contributed by atoms with Crippen LogP contribution < -0.4 is 0 Å². The van der Waals surface area contributed by atoms with Crippen molar-refractivity contribution in [3.8, 4) is 0 Å². The summed E-state index contributed by atoms with van der Waals surface area (Å²) in [4.78, 5) is 0. The topological polar surface area (TPSA) is 0 Å². The van der Waals surface area contributed by atoms with Gasteiger partial charge in [0.2, 0.25) is 0 Å². The molecule has 0 heterocycles. The molecular weight excluding hydrogens is 252 g/mol. The molecule has 3 atom stereocenters. The van der Waals surface area contributed by atoms with Gasteiger partial charge >= 0.3 is 0 Å². The van der Waals surface area contributed by atoms with Gasteiger partial charge in [-0.2, -0.15) is 0 Å². The van der Waals surface area contributed by atoms with Crippen LogP contribution in [0.25, 0.3) is 0 Å². The molecule has 0 spiro atoms. The fourth-order valence-corrected chi connectivity index (χ4v) is 6.49. The lowest BCUT2D eigenvalue weighted by atomic mass is 10.3. The van der Waals surface area contributed by atoms with E-state index in [0.717, 1.165) is 16.6 Å². The zero-order chi connectivity index (χ0) is 10.4. The van der Waals surface area contributed by atoms with E-state index >= 15 is 0 Å². The molecule has 0 aliphatic heterocycles. The summed E-state index contributed by atoms with van der Waals surface area (Å²) in [6.45, 7) is 14.4. The average molecular weight is 280 g/mol. The Morgan fingerprint density at radius 2 is 0.929 bits per heavy atom. The minimum absolute atomic E-state index is 0. The summed E-state index contributed by atoms with van der Waals surface area (Å²) in [6.07, 6.45) is 4.13. The van der Waals surface area contributed by atoms with E-state index in [0.29, 0.717) is 0 Å². The van der Waals surface area contributed by atoms with Gasteiger partial charge in [-0.25, -0.2) is 0 Å². The smallest absolute Gasteiger partial charge is 0.0569 e. The third-order valence-corrected chi connectivity index (χ3v) is 8.18. The Kier molecular flexibility index (Phi) is 10.9. The fourth-order valence-electron chi connectivity index (χ4n) is 2.16. The van der Waals surface area contributed by atoms with Crippen molar-refractivity contribution in [2.24, 2.45) is 0 Å². The summed E-state index contributed by atoms with van der Waals surface area (Å²) in [5, 5.41) is 0. The van der Waals surface area contributed by atoms with Gasteiger partial charge in [-0.15, -0.1) is 17.0 Å². The van der Waals surface area contributed by atoms with E-state index in [1.54, 1.807) is 0 Å². The molecule has 0 aliphatic carbocycles. The molecule has 0 N–H and O–H groups in total. The minimum atomic E-state index is -0.130. The van der Waals surface area contributed by atoms with Crippen LogP contribution in [0.2, 0.25) is 16.6 Å². The zero-order valence-corrected chi connectivity index (χ0v) is 13.5. The lowest BCUT2D eigenvalue weighted by Crippen LogP contribution is -2.28. The lowest BCUT2D eigenvalue weighted by Gasteiger charge is -2.31. The van der Waals surface area contributed by atoms with Gasteiger partial charge in [0.15, 0.2) is 0 Å². The highest BCUT2D eigenvalue weighted by atomic mass is 79.9. The van der Waals surface area contributed by atoms with Crippen LogP contribution in [-0.2, 0) is 0 Å². The van der Waals surface area contributed by atoms with E-state index in [4.69, 9.17) is 0 Å². The predicted octanol–water partition coefficient (Wildman–Crippen LogP) is 5.46. The molecule has 0 rings (SSSR count). The molecule has 0 saturated carbocycles. The molecule has 3 unspecified atom stereocenters. The molecule has 0 aromatic heterocycles. The molecule has 0 aliphatic rings. The molecule has 0 aromatic rings. The van der Waals surface area contributed by atoms with Crippen molar-refractivity contribution in [3.63, 3.8) is 0 Å². The first-order chi connectivity index (χ1) is 6.08. The Bertz CT molecular complexity index is 104. The molecule has 0 fully saturated rings. The largest absolute Gasteiger partial charge is 0.114 e. The Hall–Kier alpha value is 0.697. The molecule has 0 nitrogen and oxygen atoms in total. The monoisotopic (exact) mass is 279 g/mol. The van der Waals surface area contributed by atoms with E-state index in [9.17, 15) is 0 Å². The highest BCUT2D eigenvalue weighted by Gasteiger charge is 2.27. The number of rotatable bonds is 6. The van der Waals surface area contributed by atoms with Gasteiger partial charge in [0.05, 0.1) is 8.80 Å². The molecule has 1 radical (unpaired) electrons. The van der Waals surface area contributed by atoms with Gasteiger partial charge in [0.25, 0.3) is 0 Å². The molecule has 87 valence electrons. The number of halogens is 1.